The fourth-order valence-corrected chi connectivity index (χ4v) is 2.71. The first-order valence-corrected chi connectivity index (χ1v) is 8.88. The molecule has 152 valence electrons. The maximum atomic E-state index is 12.6. The third-order valence-electron chi connectivity index (χ3n) is 4.32. The third kappa shape index (κ3) is 6.33. The topological polar surface area (TPSA) is 96.3 Å². The minimum Gasteiger partial charge on any atom is -0.480 e. The Labute approximate surface area is 161 Å². The van der Waals surface area contributed by atoms with E-state index in [4.69, 9.17) is 0 Å². The van der Waals surface area contributed by atoms with E-state index in [1.165, 1.54) is 24.3 Å². The largest absolute Gasteiger partial charge is 0.480 e. The fourth-order valence-electron chi connectivity index (χ4n) is 2.71. The van der Waals surface area contributed by atoms with Gasteiger partial charge in [-0.2, -0.15) is 0 Å². The van der Waals surface area contributed by atoms with Crippen LogP contribution in [0.4, 0.5) is 13.6 Å². The van der Waals surface area contributed by atoms with Gasteiger partial charge >= 0.3 is 12.0 Å². The lowest BCUT2D eigenvalue weighted by molar-refractivity contribution is -0.139. The summed E-state index contributed by atoms with van der Waals surface area (Å²) in [5, 5.41) is 14.4. The van der Waals surface area contributed by atoms with Crippen LogP contribution >= 0.6 is 0 Å². The zero-order valence-electron chi connectivity index (χ0n) is 15.7. The molecule has 2 rings (SSSR count). The van der Waals surface area contributed by atoms with Gasteiger partial charge in [0.25, 0.3) is 6.43 Å². The molecule has 7 nitrogen and oxygen atoms in total. The van der Waals surface area contributed by atoms with Gasteiger partial charge in [-0.15, -0.1) is 0 Å². The Morgan fingerprint density at radius 3 is 2.46 bits per heavy atom. The van der Waals surface area contributed by atoms with Gasteiger partial charge in [-0.25, -0.2) is 23.4 Å². The van der Waals surface area contributed by atoms with E-state index in [0.717, 1.165) is 5.82 Å². The zero-order valence-corrected chi connectivity index (χ0v) is 15.7. The van der Waals surface area contributed by atoms with Crippen LogP contribution in [0.5, 0.6) is 0 Å². The Balaban J connectivity index is 1.84. The molecule has 0 aliphatic heterocycles. The number of nitrogens with zero attached hydrogens (tertiary/aromatic N) is 2. The number of halogens is 2. The van der Waals surface area contributed by atoms with Crippen molar-refractivity contribution in [3.05, 3.63) is 53.6 Å². The minimum absolute atomic E-state index is 0.00391. The summed E-state index contributed by atoms with van der Waals surface area (Å²) in [6.45, 7) is 4.88. The molecule has 2 unspecified atom stereocenters. The lowest BCUT2D eigenvalue weighted by Crippen LogP contribution is -2.48. The number of alkyl halides is 2. The van der Waals surface area contributed by atoms with E-state index < -0.39 is 24.5 Å². The van der Waals surface area contributed by atoms with E-state index in [1.807, 2.05) is 24.6 Å². The van der Waals surface area contributed by atoms with Crippen LogP contribution in [0.25, 0.3) is 0 Å². The molecular weight excluding hydrogens is 370 g/mol. The molecule has 0 saturated carbocycles. The summed E-state index contributed by atoms with van der Waals surface area (Å²) in [6, 6.07) is 3.62. The van der Waals surface area contributed by atoms with Gasteiger partial charge in [-0.1, -0.05) is 31.2 Å². The van der Waals surface area contributed by atoms with Crippen molar-refractivity contribution in [2.75, 3.05) is 6.54 Å². The molecule has 1 heterocycles. The molecule has 0 aliphatic carbocycles. The van der Waals surface area contributed by atoms with Crippen molar-refractivity contribution in [1.82, 2.24) is 20.2 Å². The number of aryl methyl sites for hydroxylation is 1. The van der Waals surface area contributed by atoms with Gasteiger partial charge in [-0.05, 0) is 18.4 Å². The van der Waals surface area contributed by atoms with Crippen LogP contribution < -0.4 is 10.6 Å². The van der Waals surface area contributed by atoms with Crippen molar-refractivity contribution >= 4 is 12.0 Å². The van der Waals surface area contributed by atoms with Crippen molar-refractivity contribution in [3.8, 4) is 0 Å². The number of carbonyl (C=O) groups is 2. The highest BCUT2D eigenvalue weighted by Gasteiger charge is 2.21. The standard InChI is InChI=1S/C19H24F2N4O3/c1-12(11-25-8-7-22-13(25)2)10-23-19(28)24-16(18(26)27)9-14-3-5-15(6-4-14)17(20)21/h3-8,12,16-17H,9-11H2,1-2H3,(H,26,27)(H2,23,24,28). The van der Waals surface area contributed by atoms with E-state index in [9.17, 15) is 23.5 Å². The Bertz CT molecular complexity index is 793. The first kappa shape index (κ1) is 21.3. The van der Waals surface area contributed by atoms with Crippen molar-refractivity contribution < 1.29 is 23.5 Å². The number of carbonyl (C=O) groups excluding carboxylic acids is 1. The van der Waals surface area contributed by atoms with Crippen LogP contribution in [-0.4, -0.2) is 39.2 Å². The molecule has 28 heavy (non-hydrogen) atoms. The van der Waals surface area contributed by atoms with Gasteiger partial charge in [0, 0.05) is 37.5 Å². The normalized spacial score (nSPS) is 13.2. The molecule has 0 fully saturated rings. The Morgan fingerprint density at radius 1 is 1.25 bits per heavy atom. The highest BCUT2D eigenvalue weighted by molar-refractivity contribution is 5.82. The number of imidazole rings is 1. The average molecular weight is 394 g/mol. The summed E-state index contributed by atoms with van der Waals surface area (Å²) in [5.74, 6) is -0.209. The summed E-state index contributed by atoms with van der Waals surface area (Å²) in [6.07, 6.45) is 0.969. The average Bonchev–Trinajstić information content (AvgIpc) is 3.04. The van der Waals surface area contributed by atoms with Gasteiger partial charge in [0.1, 0.15) is 11.9 Å². The maximum absolute atomic E-state index is 12.6. The highest BCUT2D eigenvalue weighted by Crippen LogP contribution is 2.19. The number of hydrogen-bond acceptors (Lipinski definition) is 3. The van der Waals surface area contributed by atoms with Crippen LogP contribution in [0.15, 0.2) is 36.7 Å². The van der Waals surface area contributed by atoms with Gasteiger partial charge in [0.15, 0.2) is 0 Å². The van der Waals surface area contributed by atoms with Crippen LogP contribution in [0.3, 0.4) is 0 Å². The number of carboxylic acids is 1. The van der Waals surface area contributed by atoms with E-state index in [1.54, 1.807) is 6.20 Å². The third-order valence-corrected chi connectivity index (χ3v) is 4.32. The van der Waals surface area contributed by atoms with Crippen LogP contribution in [0.1, 0.15) is 30.3 Å². The number of rotatable bonds is 9. The number of carboxylic acid groups (broad SMARTS) is 1. The first-order chi connectivity index (χ1) is 13.3. The van der Waals surface area contributed by atoms with E-state index in [-0.39, 0.29) is 17.9 Å². The molecule has 0 saturated heterocycles. The summed E-state index contributed by atoms with van der Waals surface area (Å²) in [4.78, 5) is 27.6. The minimum atomic E-state index is -2.58. The Kier molecular flexibility index (Phi) is 7.48. The van der Waals surface area contributed by atoms with Gasteiger partial charge < -0.3 is 20.3 Å². The molecular formula is C19H24F2N4O3. The quantitative estimate of drug-likeness (QED) is 0.609. The monoisotopic (exact) mass is 394 g/mol. The predicted molar refractivity (Wildman–Crippen MR) is 99.2 cm³/mol. The second kappa shape index (κ2) is 9.82. The van der Waals surface area contributed by atoms with Crippen molar-refractivity contribution in [2.24, 2.45) is 5.92 Å². The smallest absolute Gasteiger partial charge is 0.326 e. The molecule has 2 atom stereocenters. The molecule has 3 N–H and O–H groups in total. The fraction of sp³-hybridized carbons (Fsp3) is 0.421. The van der Waals surface area contributed by atoms with Crippen molar-refractivity contribution in [1.29, 1.82) is 0 Å². The molecule has 2 amide bonds. The number of hydrogen-bond donors (Lipinski definition) is 3. The van der Waals surface area contributed by atoms with E-state index in [2.05, 4.69) is 15.6 Å². The van der Waals surface area contributed by atoms with Gasteiger partial charge in [0.05, 0.1) is 0 Å². The van der Waals surface area contributed by atoms with Gasteiger partial charge in [0.2, 0.25) is 0 Å². The summed E-state index contributed by atoms with van der Waals surface area (Å²) in [5.41, 5.74) is 0.407. The number of aliphatic carboxylic acids is 1. The number of aromatic nitrogens is 2. The molecule has 0 radical (unpaired) electrons. The van der Waals surface area contributed by atoms with Crippen LogP contribution in [-0.2, 0) is 17.8 Å². The molecule has 0 aliphatic rings. The number of urea groups is 1. The number of benzene rings is 1. The predicted octanol–water partition coefficient (Wildman–Crippen LogP) is 2.76. The second-order valence-electron chi connectivity index (χ2n) is 6.72. The summed E-state index contributed by atoms with van der Waals surface area (Å²) >= 11 is 0. The van der Waals surface area contributed by atoms with Gasteiger partial charge in [-0.3, -0.25) is 0 Å². The summed E-state index contributed by atoms with van der Waals surface area (Å²) < 4.78 is 27.1. The van der Waals surface area contributed by atoms with Crippen molar-refractivity contribution in [2.45, 2.75) is 39.3 Å². The van der Waals surface area contributed by atoms with Crippen LogP contribution in [0, 0.1) is 12.8 Å². The first-order valence-electron chi connectivity index (χ1n) is 8.88. The zero-order chi connectivity index (χ0) is 20.7. The molecule has 2 aromatic rings. The lowest BCUT2D eigenvalue weighted by Gasteiger charge is -2.18. The Hall–Kier alpha value is -2.97. The Morgan fingerprint density at radius 2 is 1.93 bits per heavy atom. The molecule has 0 spiro atoms. The molecule has 1 aromatic heterocycles. The number of amides is 2. The molecule has 0 bridgehead atoms. The second-order valence-corrected chi connectivity index (χ2v) is 6.72. The summed E-state index contributed by atoms with van der Waals surface area (Å²) in [7, 11) is 0. The molecule has 1 aromatic carbocycles. The molecule has 9 heteroatoms. The van der Waals surface area contributed by atoms with E-state index in [0.29, 0.717) is 18.7 Å². The lowest BCUT2D eigenvalue weighted by atomic mass is 10.0. The van der Waals surface area contributed by atoms with Crippen molar-refractivity contribution in [3.63, 3.8) is 0 Å². The SMILES string of the molecule is Cc1nccn1CC(C)CNC(=O)NC(Cc1ccc(C(F)F)cc1)C(=O)O. The maximum Gasteiger partial charge on any atom is 0.326 e. The number of nitrogens with one attached hydrogen (secondary N) is 2. The van der Waals surface area contributed by atoms with E-state index >= 15 is 0 Å². The van der Waals surface area contributed by atoms with Crippen LogP contribution in [0.2, 0.25) is 0 Å². The highest BCUT2D eigenvalue weighted by atomic mass is 19.3.